The van der Waals surface area contributed by atoms with E-state index in [1.807, 2.05) is 12.1 Å². The topological polar surface area (TPSA) is 67.9 Å². The second-order valence-corrected chi connectivity index (χ2v) is 5.17. The number of para-hydroxylation sites is 2. The lowest BCUT2D eigenvalue weighted by atomic mass is 9.98. The van der Waals surface area contributed by atoms with Gasteiger partial charge in [0, 0.05) is 13.1 Å². The standard InChI is InChI=1S/C16H22N2O4/c1-3-22-15(19)12-7-6-10-18(11-12)16(20)17-13-8-4-5-9-14(13)21-2/h4-5,8-9,12H,3,6-7,10-11H2,1-2H3,(H,17,20). The van der Waals surface area contributed by atoms with Gasteiger partial charge in [0.15, 0.2) is 0 Å². The molecule has 1 heterocycles. The number of esters is 1. The zero-order valence-electron chi connectivity index (χ0n) is 13.0. The number of nitrogens with one attached hydrogen (secondary N) is 1. The molecule has 1 aromatic rings. The first kappa shape index (κ1) is 16.1. The number of carbonyl (C=O) groups excluding carboxylic acids is 2. The number of urea groups is 1. The normalized spacial score (nSPS) is 17.7. The van der Waals surface area contributed by atoms with E-state index in [4.69, 9.17) is 9.47 Å². The van der Waals surface area contributed by atoms with Crippen LogP contribution in [0.3, 0.4) is 0 Å². The average molecular weight is 306 g/mol. The van der Waals surface area contributed by atoms with Crippen LogP contribution in [0.5, 0.6) is 5.75 Å². The summed E-state index contributed by atoms with van der Waals surface area (Å²) in [5.74, 6) is 0.143. The molecule has 22 heavy (non-hydrogen) atoms. The fourth-order valence-corrected chi connectivity index (χ4v) is 2.56. The smallest absolute Gasteiger partial charge is 0.321 e. The van der Waals surface area contributed by atoms with Crippen molar-refractivity contribution in [3.63, 3.8) is 0 Å². The predicted octanol–water partition coefficient (Wildman–Crippen LogP) is 2.50. The molecule has 0 spiro atoms. The van der Waals surface area contributed by atoms with Crippen molar-refractivity contribution in [3.05, 3.63) is 24.3 Å². The molecule has 2 rings (SSSR count). The number of piperidine rings is 1. The van der Waals surface area contributed by atoms with Gasteiger partial charge < -0.3 is 19.7 Å². The summed E-state index contributed by atoms with van der Waals surface area (Å²) in [5.41, 5.74) is 0.619. The third kappa shape index (κ3) is 3.90. The Balaban J connectivity index is 1.98. The zero-order chi connectivity index (χ0) is 15.9. The van der Waals surface area contributed by atoms with E-state index in [0.29, 0.717) is 31.1 Å². The van der Waals surface area contributed by atoms with Gasteiger partial charge in [0.1, 0.15) is 5.75 Å². The quantitative estimate of drug-likeness (QED) is 0.868. The van der Waals surface area contributed by atoms with E-state index in [1.165, 1.54) is 0 Å². The van der Waals surface area contributed by atoms with Gasteiger partial charge in [0.05, 0.1) is 25.3 Å². The van der Waals surface area contributed by atoms with Crippen LogP contribution in [0, 0.1) is 5.92 Å². The maximum absolute atomic E-state index is 12.4. The fraction of sp³-hybridized carbons (Fsp3) is 0.500. The van der Waals surface area contributed by atoms with Crippen LogP contribution in [0.25, 0.3) is 0 Å². The van der Waals surface area contributed by atoms with Crippen LogP contribution >= 0.6 is 0 Å². The molecule has 1 aromatic carbocycles. The lowest BCUT2D eigenvalue weighted by Gasteiger charge is -2.31. The predicted molar refractivity (Wildman–Crippen MR) is 82.9 cm³/mol. The van der Waals surface area contributed by atoms with Crippen molar-refractivity contribution >= 4 is 17.7 Å². The minimum atomic E-state index is -0.239. The first-order valence-corrected chi connectivity index (χ1v) is 7.51. The molecule has 1 unspecified atom stereocenters. The maximum atomic E-state index is 12.4. The van der Waals surface area contributed by atoms with Crippen molar-refractivity contribution in [2.45, 2.75) is 19.8 Å². The minimum Gasteiger partial charge on any atom is -0.495 e. The van der Waals surface area contributed by atoms with Gasteiger partial charge in [-0.1, -0.05) is 12.1 Å². The maximum Gasteiger partial charge on any atom is 0.321 e. The van der Waals surface area contributed by atoms with Gasteiger partial charge in [-0.05, 0) is 31.9 Å². The molecule has 0 bridgehead atoms. The monoisotopic (exact) mass is 306 g/mol. The third-order valence-electron chi connectivity index (χ3n) is 3.68. The molecular formula is C16H22N2O4. The van der Waals surface area contributed by atoms with Crippen LogP contribution < -0.4 is 10.1 Å². The average Bonchev–Trinajstić information content (AvgIpc) is 2.55. The highest BCUT2D eigenvalue weighted by Crippen LogP contribution is 2.24. The summed E-state index contributed by atoms with van der Waals surface area (Å²) in [7, 11) is 1.56. The summed E-state index contributed by atoms with van der Waals surface area (Å²) in [6, 6.07) is 7.01. The molecule has 1 fully saturated rings. The van der Waals surface area contributed by atoms with Crippen LogP contribution in [0.2, 0.25) is 0 Å². The largest absolute Gasteiger partial charge is 0.495 e. The molecule has 1 aliphatic rings. The molecule has 0 aliphatic carbocycles. The highest BCUT2D eigenvalue weighted by molar-refractivity contribution is 5.91. The Morgan fingerprint density at radius 1 is 1.36 bits per heavy atom. The van der Waals surface area contributed by atoms with Crippen LogP contribution in [0.15, 0.2) is 24.3 Å². The molecule has 6 nitrogen and oxygen atoms in total. The molecule has 1 atom stereocenters. The van der Waals surface area contributed by atoms with E-state index in [-0.39, 0.29) is 17.9 Å². The van der Waals surface area contributed by atoms with E-state index >= 15 is 0 Å². The first-order chi connectivity index (χ1) is 10.7. The lowest BCUT2D eigenvalue weighted by Crippen LogP contribution is -2.44. The Labute approximate surface area is 130 Å². The van der Waals surface area contributed by atoms with Gasteiger partial charge in [-0.15, -0.1) is 0 Å². The van der Waals surface area contributed by atoms with Crippen LogP contribution in [0.4, 0.5) is 10.5 Å². The van der Waals surface area contributed by atoms with Gasteiger partial charge in [-0.3, -0.25) is 4.79 Å². The molecule has 1 aliphatic heterocycles. The number of anilines is 1. The Morgan fingerprint density at radius 2 is 2.14 bits per heavy atom. The van der Waals surface area contributed by atoms with Gasteiger partial charge in [0.25, 0.3) is 0 Å². The highest BCUT2D eigenvalue weighted by Gasteiger charge is 2.29. The Bertz CT molecular complexity index is 533. The summed E-state index contributed by atoms with van der Waals surface area (Å²) < 4.78 is 10.3. The Morgan fingerprint density at radius 3 is 2.86 bits per heavy atom. The van der Waals surface area contributed by atoms with Gasteiger partial charge in [-0.25, -0.2) is 4.79 Å². The molecule has 2 amide bonds. The number of rotatable bonds is 4. The minimum absolute atomic E-state index is 0.224. The molecule has 1 saturated heterocycles. The van der Waals surface area contributed by atoms with Gasteiger partial charge in [0.2, 0.25) is 0 Å². The van der Waals surface area contributed by atoms with Crippen molar-refractivity contribution in [2.75, 3.05) is 32.1 Å². The number of nitrogens with zero attached hydrogens (tertiary/aromatic N) is 1. The SMILES string of the molecule is CCOC(=O)C1CCCN(C(=O)Nc2ccccc2OC)C1. The second kappa shape index (κ2) is 7.68. The summed E-state index contributed by atoms with van der Waals surface area (Å²) in [6.07, 6.45) is 1.56. The lowest BCUT2D eigenvalue weighted by molar-refractivity contribution is -0.149. The van der Waals surface area contributed by atoms with E-state index in [0.717, 1.165) is 12.8 Å². The summed E-state index contributed by atoms with van der Waals surface area (Å²) >= 11 is 0. The number of amides is 2. The Hall–Kier alpha value is -2.24. The van der Waals surface area contributed by atoms with Crippen molar-refractivity contribution in [1.29, 1.82) is 0 Å². The molecule has 120 valence electrons. The number of methoxy groups -OCH3 is 1. The highest BCUT2D eigenvalue weighted by atomic mass is 16.5. The third-order valence-corrected chi connectivity index (χ3v) is 3.68. The first-order valence-electron chi connectivity index (χ1n) is 7.51. The van der Waals surface area contributed by atoms with Crippen LogP contribution in [0.1, 0.15) is 19.8 Å². The second-order valence-electron chi connectivity index (χ2n) is 5.17. The van der Waals surface area contributed by atoms with Crippen molar-refractivity contribution in [3.8, 4) is 5.75 Å². The van der Waals surface area contributed by atoms with E-state index < -0.39 is 0 Å². The van der Waals surface area contributed by atoms with Gasteiger partial charge >= 0.3 is 12.0 Å². The number of hydrogen-bond donors (Lipinski definition) is 1. The molecule has 1 N–H and O–H groups in total. The molecular weight excluding hydrogens is 284 g/mol. The van der Waals surface area contributed by atoms with Crippen LogP contribution in [-0.4, -0.2) is 43.7 Å². The summed E-state index contributed by atoms with van der Waals surface area (Å²) in [6.45, 7) is 3.17. The number of ether oxygens (including phenoxy) is 2. The molecule has 6 heteroatoms. The number of hydrogen-bond acceptors (Lipinski definition) is 4. The van der Waals surface area contributed by atoms with Crippen molar-refractivity contribution in [2.24, 2.45) is 5.92 Å². The van der Waals surface area contributed by atoms with E-state index in [2.05, 4.69) is 5.32 Å². The molecule has 0 aromatic heterocycles. The summed E-state index contributed by atoms with van der Waals surface area (Å²) in [5, 5.41) is 2.83. The van der Waals surface area contributed by atoms with Crippen molar-refractivity contribution in [1.82, 2.24) is 4.90 Å². The number of carbonyl (C=O) groups is 2. The van der Waals surface area contributed by atoms with E-state index in [9.17, 15) is 9.59 Å². The van der Waals surface area contributed by atoms with Crippen molar-refractivity contribution < 1.29 is 19.1 Å². The summed E-state index contributed by atoms with van der Waals surface area (Å²) in [4.78, 5) is 25.8. The molecule has 0 radical (unpaired) electrons. The number of benzene rings is 1. The fourth-order valence-electron chi connectivity index (χ4n) is 2.56. The zero-order valence-corrected chi connectivity index (χ0v) is 13.0. The Kier molecular flexibility index (Phi) is 5.63. The molecule has 0 saturated carbocycles. The van der Waals surface area contributed by atoms with Gasteiger partial charge in [-0.2, -0.15) is 0 Å². The van der Waals surface area contributed by atoms with Crippen LogP contribution in [-0.2, 0) is 9.53 Å². The number of likely N-dealkylation sites (tertiary alicyclic amines) is 1. The van der Waals surface area contributed by atoms with E-state index in [1.54, 1.807) is 31.1 Å².